The van der Waals surface area contributed by atoms with Crippen LogP contribution in [0.1, 0.15) is 44.9 Å². The molecule has 0 fully saturated rings. The van der Waals surface area contributed by atoms with Gasteiger partial charge in [0.2, 0.25) is 0 Å². The van der Waals surface area contributed by atoms with E-state index in [9.17, 15) is 24.6 Å². The Labute approximate surface area is 251 Å². The molecule has 1 heterocycles. The minimum atomic E-state index is -1.21. The molecule has 0 aliphatic carbocycles. The summed E-state index contributed by atoms with van der Waals surface area (Å²) in [4.78, 5) is 39.3. The molecule has 1 amide bonds. The highest BCUT2D eigenvalue weighted by molar-refractivity contribution is 6.33. The average molecular weight is 600 g/mol. The van der Waals surface area contributed by atoms with Gasteiger partial charge in [0.25, 0.3) is 5.91 Å². The molecule has 0 aromatic heterocycles. The number of β-amino-alcohol motifs (C(OH)–C–C–N with tert-alkyl or cyclic N) is 1. The van der Waals surface area contributed by atoms with Crippen LogP contribution in [0, 0.1) is 0 Å². The van der Waals surface area contributed by atoms with Gasteiger partial charge in [-0.2, -0.15) is 0 Å². The van der Waals surface area contributed by atoms with Gasteiger partial charge < -0.3 is 35.2 Å². The van der Waals surface area contributed by atoms with Gasteiger partial charge in [-0.05, 0) is 51.5 Å². The fraction of sp³-hybridized carbons (Fsp3) is 0.387. The highest BCUT2D eigenvalue weighted by atomic mass is 35.5. The van der Waals surface area contributed by atoms with Crippen LogP contribution in [0.15, 0.2) is 65.4 Å². The van der Waals surface area contributed by atoms with Gasteiger partial charge in [-0.15, -0.1) is 0 Å². The van der Waals surface area contributed by atoms with E-state index < -0.39 is 29.6 Å². The van der Waals surface area contributed by atoms with Crippen LogP contribution >= 0.6 is 11.6 Å². The quantitative estimate of drug-likeness (QED) is 0.270. The molecule has 2 atom stereocenters. The van der Waals surface area contributed by atoms with E-state index in [1.807, 2.05) is 44.2 Å². The molecule has 3 rings (SSSR count). The summed E-state index contributed by atoms with van der Waals surface area (Å²) in [7, 11) is 2.94. The molecule has 11 heteroatoms. The molecule has 0 bridgehead atoms. The second-order valence-corrected chi connectivity index (χ2v) is 11.1. The fourth-order valence-electron chi connectivity index (χ4n) is 4.65. The van der Waals surface area contributed by atoms with E-state index in [0.29, 0.717) is 23.6 Å². The molecule has 10 nitrogen and oxygen atoms in total. The van der Waals surface area contributed by atoms with Crippen LogP contribution in [0.4, 0.5) is 0 Å². The number of methoxy groups -OCH3 is 1. The molecule has 226 valence electrons. The molecule has 0 saturated carbocycles. The number of esters is 1. The van der Waals surface area contributed by atoms with Crippen LogP contribution in [0.2, 0.25) is 5.02 Å². The van der Waals surface area contributed by atoms with Crippen molar-refractivity contribution in [1.82, 2.24) is 15.5 Å². The number of nitrogens with zero attached hydrogens (tertiary/aromatic N) is 1. The van der Waals surface area contributed by atoms with Crippen molar-refractivity contribution in [2.24, 2.45) is 0 Å². The summed E-state index contributed by atoms with van der Waals surface area (Å²) in [5, 5.41) is 26.6. The third-order valence-electron chi connectivity index (χ3n) is 7.29. The number of amides is 1. The average Bonchev–Trinajstić information content (AvgIpc) is 2.96. The van der Waals surface area contributed by atoms with E-state index in [-0.39, 0.29) is 40.8 Å². The van der Waals surface area contributed by atoms with E-state index in [2.05, 4.69) is 10.6 Å². The molecule has 0 radical (unpaired) electrons. The van der Waals surface area contributed by atoms with Gasteiger partial charge in [0, 0.05) is 42.5 Å². The Bertz CT molecular complexity index is 1390. The Kier molecular flexibility index (Phi) is 10.8. The molecule has 4 N–H and O–H groups in total. The predicted molar refractivity (Wildman–Crippen MR) is 160 cm³/mol. The molecular weight excluding hydrogens is 562 g/mol. The number of carbonyl (C=O) groups is 3. The summed E-state index contributed by atoms with van der Waals surface area (Å²) in [6, 6.07) is 13.4. The van der Waals surface area contributed by atoms with Crippen LogP contribution in [-0.4, -0.2) is 78.4 Å². The summed E-state index contributed by atoms with van der Waals surface area (Å²) >= 11 is 6.59. The number of likely N-dealkylation sites (N-methyl/N-ethyl adjacent to an activating group) is 1. The maximum atomic E-state index is 12.8. The van der Waals surface area contributed by atoms with Crippen molar-refractivity contribution in [3.05, 3.63) is 81.5 Å². The number of carbonyl (C=O) groups excluding carboxylic acids is 2. The zero-order valence-electron chi connectivity index (χ0n) is 24.7. The van der Waals surface area contributed by atoms with Gasteiger partial charge in [0.1, 0.15) is 5.75 Å². The Balaban J connectivity index is 1.67. The number of aliphatic hydroxyl groups excluding tert-OH is 1. The number of aliphatic hydroxyl groups is 1. The number of nitrogens with one attached hydrogen (secondary N) is 2. The summed E-state index contributed by atoms with van der Waals surface area (Å²) in [5.41, 5.74) is 1.40. The minimum Gasteiger partial charge on any atom is -0.484 e. The van der Waals surface area contributed by atoms with Crippen LogP contribution in [0.25, 0.3) is 5.57 Å². The molecule has 2 aromatic rings. The lowest BCUT2D eigenvalue weighted by molar-refractivity contribution is -0.136. The van der Waals surface area contributed by atoms with Gasteiger partial charge in [0.05, 0.1) is 35.4 Å². The SMILES string of the molecule is COC(=O)C1=C(c2ccc(OCC(=O)NCC(C)(C)NCC(O)c3ccccc3)cc2Cl)C(C(=O)O)=C(C)N(C)C1C. The van der Waals surface area contributed by atoms with Crippen LogP contribution in [-0.2, 0) is 19.1 Å². The lowest BCUT2D eigenvalue weighted by atomic mass is 9.84. The highest BCUT2D eigenvalue weighted by Gasteiger charge is 2.37. The molecule has 2 aromatic carbocycles. The fourth-order valence-corrected chi connectivity index (χ4v) is 4.91. The normalized spacial score (nSPS) is 16.3. The lowest BCUT2D eigenvalue weighted by Gasteiger charge is -2.36. The van der Waals surface area contributed by atoms with E-state index in [0.717, 1.165) is 5.56 Å². The lowest BCUT2D eigenvalue weighted by Crippen LogP contribution is -2.50. The van der Waals surface area contributed by atoms with E-state index in [1.54, 1.807) is 37.9 Å². The van der Waals surface area contributed by atoms with Crippen molar-refractivity contribution >= 4 is 35.0 Å². The van der Waals surface area contributed by atoms with Crippen LogP contribution in [0.3, 0.4) is 0 Å². The number of carboxylic acid groups (broad SMARTS) is 1. The Hall–Kier alpha value is -3.86. The van der Waals surface area contributed by atoms with Gasteiger partial charge in [-0.3, -0.25) is 4.79 Å². The van der Waals surface area contributed by atoms with Gasteiger partial charge in [-0.25, -0.2) is 9.59 Å². The third kappa shape index (κ3) is 7.70. The number of hydrogen-bond acceptors (Lipinski definition) is 8. The summed E-state index contributed by atoms with van der Waals surface area (Å²) in [5.74, 6) is -1.93. The number of halogens is 1. The molecule has 0 spiro atoms. The molecular formula is C31H38ClN3O7. The zero-order valence-corrected chi connectivity index (χ0v) is 25.4. The number of rotatable bonds is 12. The maximum Gasteiger partial charge on any atom is 0.338 e. The van der Waals surface area contributed by atoms with Crippen molar-refractivity contribution < 1.29 is 34.1 Å². The van der Waals surface area contributed by atoms with Crippen molar-refractivity contribution in [2.75, 3.05) is 33.9 Å². The van der Waals surface area contributed by atoms with Crippen molar-refractivity contribution in [3.8, 4) is 5.75 Å². The summed E-state index contributed by atoms with van der Waals surface area (Å²) < 4.78 is 10.6. The standard InChI is InChI=1S/C31H38ClN3O7/c1-18-26(29(38)39)28(27(30(40)41-6)19(2)35(18)5)22-13-12-21(14-23(22)32)42-16-25(37)33-17-31(3,4)34-15-24(36)20-10-8-7-9-11-20/h7-14,19,24,34,36H,15-17H2,1-6H3,(H,33,37)(H,38,39). The minimum absolute atomic E-state index is 0.0570. The van der Waals surface area contributed by atoms with Crippen molar-refractivity contribution in [2.45, 2.75) is 45.4 Å². The summed E-state index contributed by atoms with van der Waals surface area (Å²) in [6.07, 6.45) is -0.680. The predicted octanol–water partition coefficient (Wildman–Crippen LogP) is 3.56. The largest absolute Gasteiger partial charge is 0.484 e. The maximum absolute atomic E-state index is 12.8. The monoisotopic (exact) mass is 599 g/mol. The first-order valence-electron chi connectivity index (χ1n) is 13.4. The van der Waals surface area contributed by atoms with Gasteiger partial charge in [-0.1, -0.05) is 41.9 Å². The van der Waals surface area contributed by atoms with E-state index >= 15 is 0 Å². The summed E-state index contributed by atoms with van der Waals surface area (Å²) in [6.45, 7) is 7.59. The molecule has 1 aliphatic rings. The Morgan fingerprint density at radius 1 is 1.14 bits per heavy atom. The van der Waals surface area contributed by atoms with Crippen LogP contribution < -0.4 is 15.4 Å². The number of hydrogen-bond donors (Lipinski definition) is 4. The number of carboxylic acids is 1. The topological polar surface area (TPSA) is 137 Å². The molecule has 2 unspecified atom stereocenters. The first kappa shape index (κ1) is 32.7. The second-order valence-electron chi connectivity index (χ2n) is 10.7. The number of benzene rings is 2. The second kappa shape index (κ2) is 13.9. The third-order valence-corrected chi connectivity index (χ3v) is 7.61. The van der Waals surface area contributed by atoms with Crippen molar-refractivity contribution in [3.63, 3.8) is 0 Å². The molecule has 0 saturated heterocycles. The molecule has 1 aliphatic heterocycles. The molecule has 42 heavy (non-hydrogen) atoms. The first-order chi connectivity index (χ1) is 19.8. The Morgan fingerprint density at radius 3 is 2.40 bits per heavy atom. The van der Waals surface area contributed by atoms with E-state index in [1.165, 1.54) is 13.2 Å². The van der Waals surface area contributed by atoms with E-state index in [4.69, 9.17) is 21.1 Å². The van der Waals surface area contributed by atoms with Gasteiger partial charge in [0.15, 0.2) is 6.61 Å². The highest BCUT2D eigenvalue weighted by Crippen LogP contribution is 2.41. The zero-order chi connectivity index (χ0) is 31.2. The van der Waals surface area contributed by atoms with Crippen molar-refractivity contribution in [1.29, 1.82) is 0 Å². The van der Waals surface area contributed by atoms with Crippen LogP contribution in [0.5, 0.6) is 5.75 Å². The number of ether oxygens (including phenoxy) is 2. The first-order valence-corrected chi connectivity index (χ1v) is 13.8. The van der Waals surface area contributed by atoms with Gasteiger partial charge >= 0.3 is 11.9 Å². The Morgan fingerprint density at radius 2 is 1.81 bits per heavy atom. The smallest absolute Gasteiger partial charge is 0.338 e. The number of allylic oxidation sites excluding steroid dienone is 1. The number of aliphatic carboxylic acids is 1.